The van der Waals surface area contributed by atoms with Crippen LogP contribution >= 0.6 is 12.4 Å². The second kappa shape index (κ2) is 7.09. The van der Waals surface area contributed by atoms with Gasteiger partial charge in [0.2, 0.25) is 5.91 Å². The lowest BCUT2D eigenvalue weighted by molar-refractivity contribution is -0.123. The number of rotatable bonds is 4. The summed E-state index contributed by atoms with van der Waals surface area (Å²) in [5.74, 6) is 0.771. The molecule has 0 aromatic carbocycles. The summed E-state index contributed by atoms with van der Waals surface area (Å²) in [6, 6.07) is 0. The number of halogens is 1. The van der Waals surface area contributed by atoms with Gasteiger partial charge in [0.25, 0.3) is 0 Å². The highest BCUT2D eigenvalue weighted by Crippen LogP contribution is 2.15. The first-order chi connectivity index (χ1) is 7.34. The molecule has 2 unspecified atom stereocenters. The van der Waals surface area contributed by atoms with Crippen molar-refractivity contribution in [2.75, 3.05) is 26.2 Å². The van der Waals surface area contributed by atoms with Gasteiger partial charge in [0, 0.05) is 13.2 Å². The fraction of sp³-hybridized carbons (Fsp3) is 0.909. The number of hydrogen-bond acceptors (Lipinski definition) is 3. The summed E-state index contributed by atoms with van der Waals surface area (Å²) in [6.45, 7) is 3.77. The van der Waals surface area contributed by atoms with Gasteiger partial charge >= 0.3 is 0 Å². The fourth-order valence-corrected chi connectivity index (χ4v) is 2.23. The quantitative estimate of drug-likeness (QED) is 0.770. The Balaban J connectivity index is 0.00000128. The maximum Gasteiger partial charge on any atom is 0.222 e. The molecule has 2 heterocycles. The minimum absolute atomic E-state index is 0. The fourth-order valence-electron chi connectivity index (χ4n) is 2.23. The van der Waals surface area contributed by atoms with Crippen molar-refractivity contribution in [3.8, 4) is 0 Å². The summed E-state index contributed by atoms with van der Waals surface area (Å²) in [5.41, 5.74) is 0. The molecule has 2 N–H and O–H groups in total. The van der Waals surface area contributed by atoms with Gasteiger partial charge in [-0.3, -0.25) is 4.79 Å². The maximum absolute atomic E-state index is 11.5. The normalized spacial score (nSPS) is 28.8. The summed E-state index contributed by atoms with van der Waals surface area (Å²) in [7, 11) is 0. The summed E-state index contributed by atoms with van der Waals surface area (Å²) < 4.78 is 5.42. The van der Waals surface area contributed by atoms with E-state index in [2.05, 4.69) is 10.6 Å². The Kier molecular flexibility index (Phi) is 6.09. The number of nitrogens with one attached hydrogen (secondary N) is 2. The van der Waals surface area contributed by atoms with Crippen LogP contribution in [0.25, 0.3) is 0 Å². The van der Waals surface area contributed by atoms with Gasteiger partial charge in [-0.1, -0.05) is 0 Å². The van der Waals surface area contributed by atoms with Crippen molar-refractivity contribution in [3.05, 3.63) is 0 Å². The van der Waals surface area contributed by atoms with Crippen LogP contribution in [0.5, 0.6) is 0 Å². The lowest BCUT2D eigenvalue weighted by Gasteiger charge is -2.12. The van der Waals surface area contributed by atoms with Crippen LogP contribution in [0.3, 0.4) is 0 Å². The van der Waals surface area contributed by atoms with E-state index in [1.807, 2.05) is 0 Å². The summed E-state index contributed by atoms with van der Waals surface area (Å²) in [5, 5.41) is 6.29. The summed E-state index contributed by atoms with van der Waals surface area (Å²) >= 11 is 0. The molecule has 2 aliphatic heterocycles. The van der Waals surface area contributed by atoms with E-state index in [0.29, 0.717) is 12.3 Å². The van der Waals surface area contributed by atoms with Crippen LogP contribution in [-0.2, 0) is 9.53 Å². The van der Waals surface area contributed by atoms with Crippen LogP contribution in [0.15, 0.2) is 0 Å². The van der Waals surface area contributed by atoms with Gasteiger partial charge in [-0.25, -0.2) is 0 Å². The van der Waals surface area contributed by atoms with Gasteiger partial charge in [-0.2, -0.15) is 0 Å². The molecule has 0 aromatic rings. The predicted molar refractivity (Wildman–Crippen MR) is 64.8 cm³/mol. The van der Waals surface area contributed by atoms with E-state index in [9.17, 15) is 4.79 Å². The highest BCUT2D eigenvalue weighted by atomic mass is 35.5. The molecule has 4 nitrogen and oxygen atoms in total. The zero-order chi connectivity index (χ0) is 10.5. The van der Waals surface area contributed by atoms with E-state index in [0.717, 1.165) is 39.1 Å². The molecule has 2 fully saturated rings. The highest BCUT2D eigenvalue weighted by Gasteiger charge is 2.20. The van der Waals surface area contributed by atoms with E-state index in [-0.39, 0.29) is 24.4 Å². The molecule has 0 spiro atoms. The van der Waals surface area contributed by atoms with E-state index in [1.165, 1.54) is 6.42 Å². The van der Waals surface area contributed by atoms with Crippen molar-refractivity contribution in [2.45, 2.75) is 31.8 Å². The monoisotopic (exact) mass is 248 g/mol. The Morgan fingerprint density at radius 3 is 2.94 bits per heavy atom. The Bertz CT molecular complexity index is 214. The number of ether oxygens (including phenoxy) is 1. The van der Waals surface area contributed by atoms with Crippen LogP contribution in [0, 0.1) is 5.92 Å². The molecule has 2 aliphatic rings. The molecule has 0 aromatic heterocycles. The average molecular weight is 249 g/mol. The smallest absolute Gasteiger partial charge is 0.222 e. The minimum Gasteiger partial charge on any atom is -0.378 e. The van der Waals surface area contributed by atoms with Gasteiger partial charge < -0.3 is 15.4 Å². The van der Waals surface area contributed by atoms with Crippen LogP contribution in [0.4, 0.5) is 0 Å². The minimum atomic E-state index is 0. The molecule has 0 radical (unpaired) electrons. The number of carbonyl (C=O) groups excluding carboxylic acids is 1. The molecule has 0 bridgehead atoms. The number of hydrogen-bond donors (Lipinski definition) is 2. The van der Waals surface area contributed by atoms with E-state index in [4.69, 9.17) is 4.74 Å². The lowest BCUT2D eigenvalue weighted by atomic mass is 10.1. The van der Waals surface area contributed by atoms with Gasteiger partial charge in [-0.15, -0.1) is 12.4 Å². The van der Waals surface area contributed by atoms with Crippen molar-refractivity contribution in [3.63, 3.8) is 0 Å². The Labute approximate surface area is 103 Å². The van der Waals surface area contributed by atoms with Crippen molar-refractivity contribution in [1.82, 2.24) is 10.6 Å². The second-order valence-electron chi connectivity index (χ2n) is 4.50. The summed E-state index contributed by atoms with van der Waals surface area (Å²) in [4.78, 5) is 11.5. The van der Waals surface area contributed by atoms with Gasteiger partial charge in [-0.05, 0) is 38.3 Å². The zero-order valence-electron chi connectivity index (χ0n) is 9.54. The maximum atomic E-state index is 11.5. The second-order valence-corrected chi connectivity index (χ2v) is 4.50. The van der Waals surface area contributed by atoms with Crippen molar-refractivity contribution < 1.29 is 9.53 Å². The summed E-state index contributed by atoms with van der Waals surface area (Å²) in [6.07, 6.45) is 4.04. The molecule has 5 heteroatoms. The molecular formula is C11H21ClN2O2. The largest absolute Gasteiger partial charge is 0.378 e. The molecule has 16 heavy (non-hydrogen) atoms. The Morgan fingerprint density at radius 2 is 2.31 bits per heavy atom. The van der Waals surface area contributed by atoms with E-state index in [1.54, 1.807) is 0 Å². The third-order valence-electron chi connectivity index (χ3n) is 3.19. The van der Waals surface area contributed by atoms with Crippen LogP contribution < -0.4 is 10.6 Å². The molecular weight excluding hydrogens is 228 g/mol. The highest BCUT2D eigenvalue weighted by molar-refractivity contribution is 5.85. The number of carbonyl (C=O) groups is 1. The van der Waals surface area contributed by atoms with Gasteiger partial charge in [0.1, 0.15) is 0 Å². The number of amides is 1. The van der Waals surface area contributed by atoms with Gasteiger partial charge in [0.15, 0.2) is 0 Å². The first-order valence-corrected chi connectivity index (χ1v) is 5.93. The molecule has 2 rings (SSSR count). The van der Waals surface area contributed by atoms with Crippen LogP contribution in [-0.4, -0.2) is 38.3 Å². The third-order valence-corrected chi connectivity index (χ3v) is 3.19. The van der Waals surface area contributed by atoms with E-state index < -0.39 is 0 Å². The average Bonchev–Trinajstić information content (AvgIpc) is 2.86. The third kappa shape index (κ3) is 4.28. The molecule has 0 saturated carbocycles. The van der Waals surface area contributed by atoms with Crippen LogP contribution in [0.2, 0.25) is 0 Å². The standard InChI is InChI=1S/C11H20N2O2.ClH/c14-11(6-10-2-1-5-15-10)13-8-9-3-4-12-7-9;/h9-10,12H,1-8H2,(H,13,14);1H. The molecule has 94 valence electrons. The first-order valence-electron chi connectivity index (χ1n) is 5.93. The molecule has 2 atom stereocenters. The molecule has 0 aliphatic carbocycles. The molecule has 1 amide bonds. The lowest BCUT2D eigenvalue weighted by Crippen LogP contribution is -2.32. The zero-order valence-corrected chi connectivity index (χ0v) is 10.4. The topological polar surface area (TPSA) is 50.4 Å². The SMILES string of the molecule is Cl.O=C(CC1CCCO1)NCC1CCNC1. The Morgan fingerprint density at radius 1 is 1.44 bits per heavy atom. The Hall–Kier alpha value is -0.320. The first kappa shape index (κ1) is 13.7. The predicted octanol–water partition coefficient (Wildman–Crippen LogP) is 0.703. The van der Waals surface area contributed by atoms with Crippen molar-refractivity contribution in [1.29, 1.82) is 0 Å². The van der Waals surface area contributed by atoms with Crippen molar-refractivity contribution >= 4 is 18.3 Å². The van der Waals surface area contributed by atoms with Crippen molar-refractivity contribution in [2.24, 2.45) is 5.92 Å². The molecule has 2 saturated heterocycles. The van der Waals surface area contributed by atoms with Gasteiger partial charge in [0.05, 0.1) is 12.5 Å². The van der Waals surface area contributed by atoms with Crippen LogP contribution in [0.1, 0.15) is 25.7 Å². The van der Waals surface area contributed by atoms with E-state index >= 15 is 0 Å².